The van der Waals surface area contributed by atoms with Crippen LogP contribution in [0.2, 0.25) is 5.02 Å². The van der Waals surface area contributed by atoms with Gasteiger partial charge in [-0.25, -0.2) is 13.1 Å². The molecule has 1 aromatic carbocycles. The molecule has 1 N–H and O–H groups in total. The number of amides is 1. The van der Waals surface area contributed by atoms with Crippen molar-refractivity contribution in [2.75, 3.05) is 13.1 Å². The molecule has 3 rings (SSSR count). The first kappa shape index (κ1) is 18.4. The van der Waals surface area contributed by atoms with Crippen molar-refractivity contribution >= 4 is 38.9 Å². The zero-order valence-electron chi connectivity index (χ0n) is 13.5. The van der Waals surface area contributed by atoms with Crippen molar-refractivity contribution in [3.63, 3.8) is 0 Å². The Morgan fingerprint density at radius 3 is 2.56 bits per heavy atom. The number of halogens is 1. The van der Waals surface area contributed by atoms with Crippen molar-refractivity contribution < 1.29 is 13.2 Å². The molecule has 0 aliphatic carbocycles. The number of rotatable bonds is 5. The lowest BCUT2D eigenvalue weighted by molar-refractivity contribution is -0.131. The van der Waals surface area contributed by atoms with Crippen molar-refractivity contribution in [1.82, 2.24) is 9.62 Å². The van der Waals surface area contributed by atoms with Gasteiger partial charge in [-0.1, -0.05) is 35.9 Å². The Balaban J connectivity index is 1.53. The molecule has 134 valence electrons. The van der Waals surface area contributed by atoms with Crippen LogP contribution in [-0.4, -0.2) is 38.4 Å². The summed E-state index contributed by atoms with van der Waals surface area (Å²) in [5.74, 6) is 0.0210. The Kier molecular flexibility index (Phi) is 5.78. The van der Waals surface area contributed by atoms with E-state index in [-0.39, 0.29) is 18.4 Å². The molecule has 1 amide bonds. The molecule has 1 fully saturated rings. The fraction of sp³-hybridized carbons (Fsp3) is 0.353. The van der Waals surface area contributed by atoms with Crippen LogP contribution in [-0.2, 0) is 21.2 Å². The third-order valence-corrected chi connectivity index (χ3v) is 7.52. The summed E-state index contributed by atoms with van der Waals surface area (Å²) in [5.41, 5.74) is 0.815. The van der Waals surface area contributed by atoms with E-state index < -0.39 is 10.0 Å². The molecule has 1 aromatic heterocycles. The topological polar surface area (TPSA) is 66.5 Å². The molecule has 0 unspecified atom stereocenters. The van der Waals surface area contributed by atoms with Gasteiger partial charge in [-0.2, -0.15) is 0 Å². The minimum absolute atomic E-state index is 0.0210. The van der Waals surface area contributed by atoms with Gasteiger partial charge in [-0.3, -0.25) is 4.79 Å². The number of sulfonamides is 1. The van der Waals surface area contributed by atoms with Gasteiger partial charge in [-0.05, 0) is 35.9 Å². The van der Waals surface area contributed by atoms with Crippen LogP contribution in [0.25, 0.3) is 0 Å². The fourth-order valence-electron chi connectivity index (χ4n) is 2.86. The van der Waals surface area contributed by atoms with Crippen molar-refractivity contribution in [3.05, 3.63) is 52.4 Å². The average molecular weight is 399 g/mol. The number of nitrogens with zero attached hydrogens (tertiary/aromatic N) is 1. The maximum atomic E-state index is 12.4. The highest BCUT2D eigenvalue weighted by Gasteiger charge is 2.27. The molecule has 0 bridgehead atoms. The molecular formula is C17H19ClN2O3S2. The molecular weight excluding hydrogens is 380 g/mol. The van der Waals surface area contributed by atoms with Gasteiger partial charge in [0, 0.05) is 24.2 Å². The Morgan fingerprint density at radius 1 is 1.20 bits per heavy atom. The van der Waals surface area contributed by atoms with Gasteiger partial charge in [0.05, 0.1) is 6.42 Å². The van der Waals surface area contributed by atoms with E-state index in [2.05, 4.69) is 4.72 Å². The van der Waals surface area contributed by atoms with Crippen molar-refractivity contribution in [1.29, 1.82) is 0 Å². The molecule has 2 aromatic rings. The van der Waals surface area contributed by atoms with E-state index in [0.717, 1.165) is 5.56 Å². The highest BCUT2D eigenvalue weighted by atomic mass is 35.5. The Morgan fingerprint density at radius 2 is 1.92 bits per heavy atom. The predicted octanol–water partition coefficient (Wildman–Crippen LogP) is 2.91. The highest BCUT2D eigenvalue weighted by Crippen LogP contribution is 2.20. The molecule has 0 radical (unpaired) electrons. The van der Waals surface area contributed by atoms with Crippen LogP contribution in [0, 0.1) is 0 Å². The normalized spacial score (nSPS) is 16.1. The summed E-state index contributed by atoms with van der Waals surface area (Å²) in [6.07, 6.45) is 1.49. The van der Waals surface area contributed by atoms with E-state index in [4.69, 9.17) is 11.6 Å². The smallest absolute Gasteiger partial charge is 0.250 e. The highest BCUT2D eigenvalue weighted by molar-refractivity contribution is 7.91. The second kappa shape index (κ2) is 7.86. The van der Waals surface area contributed by atoms with Gasteiger partial charge in [0.15, 0.2) is 0 Å². The first-order valence-electron chi connectivity index (χ1n) is 8.03. The summed E-state index contributed by atoms with van der Waals surface area (Å²) in [4.78, 5) is 14.2. The molecule has 0 saturated carbocycles. The maximum absolute atomic E-state index is 12.4. The summed E-state index contributed by atoms with van der Waals surface area (Å²) >= 11 is 7.30. The number of carbonyl (C=O) groups is 1. The minimum atomic E-state index is -3.46. The second-order valence-electron chi connectivity index (χ2n) is 5.98. The molecule has 0 spiro atoms. The van der Waals surface area contributed by atoms with Crippen LogP contribution in [0.4, 0.5) is 0 Å². The monoisotopic (exact) mass is 398 g/mol. The molecule has 2 heterocycles. The number of carbonyl (C=O) groups excluding carboxylic acids is 1. The third kappa shape index (κ3) is 4.61. The van der Waals surface area contributed by atoms with Crippen LogP contribution in [0.3, 0.4) is 0 Å². The van der Waals surface area contributed by atoms with Gasteiger partial charge in [0.25, 0.3) is 0 Å². The SMILES string of the molecule is O=C(Cc1ccccc1Cl)N1CCC(NS(=O)(=O)c2cccs2)CC1. The largest absolute Gasteiger partial charge is 0.342 e. The van der Waals surface area contributed by atoms with Crippen molar-refractivity contribution in [2.24, 2.45) is 0 Å². The van der Waals surface area contributed by atoms with E-state index in [1.807, 2.05) is 18.2 Å². The standard InChI is InChI=1S/C17H19ClN2O3S2/c18-15-5-2-1-4-13(15)12-16(21)20-9-7-14(8-10-20)19-25(22,23)17-6-3-11-24-17/h1-6,11,14,19H,7-10,12H2. The zero-order valence-corrected chi connectivity index (χ0v) is 15.9. The zero-order chi connectivity index (χ0) is 17.9. The van der Waals surface area contributed by atoms with E-state index >= 15 is 0 Å². The van der Waals surface area contributed by atoms with Gasteiger partial charge in [0.2, 0.25) is 15.9 Å². The summed E-state index contributed by atoms with van der Waals surface area (Å²) in [7, 11) is -3.46. The Hall–Kier alpha value is -1.41. The first-order valence-corrected chi connectivity index (χ1v) is 10.8. The summed E-state index contributed by atoms with van der Waals surface area (Å²) < 4.78 is 27.6. The Labute approximate surface area is 156 Å². The first-order chi connectivity index (χ1) is 12.0. The van der Waals surface area contributed by atoms with Crippen molar-refractivity contribution in [3.8, 4) is 0 Å². The number of hydrogen-bond acceptors (Lipinski definition) is 4. The van der Waals surface area contributed by atoms with Gasteiger partial charge < -0.3 is 4.90 Å². The van der Waals surface area contributed by atoms with E-state index in [1.165, 1.54) is 11.3 Å². The predicted molar refractivity (Wildman–Crippen MR) is 99.4 cm³/mol. The fourth-order valence-corrected chi connectivity index (χ4v) is 5.37. The molecule has 8 heteroatoms. The lowest BCUT2D eigenvalue weighted by Gasteiger charge is -2.32. The Bertz CT molecular complexity index is 829. The minimum Gasteiger partial charge on any atom is -0.342 e. The molecule has 5 nitrogen and oxygen atoms in total. The summed E-state index contributed by atoms with van der Waals surface area (Å²) in [5, 5.41) is 2.33. The van der Waals surface area contributed by atoms with Crippen LogP contribution in [0.5, 0.6) is 0 Å². The molecule has 1 saturated heterocycles. The number of hydrogen-bond donors (Lipinski definition) is 1. The molecule has 25 heavy (non-hydrogen) atoms. The van der Waals surface area contributed by atoms with Crippen molar-refractivity contribution in [2.45, 2.75) is 29.5 Å². The molecule has 1 aliphatic rings. The van der Waals surface area contributed by atoms with Crippen LogP contribution < -0.4 is 4.72 Å². The number of piperidine rings is 1. The lowest BCUT2D eigenvalue weighted by Crippen LogP contribution is -2.46. The van der Waals surface area contributed by atoms with Gasteiger partial charge >= 0.3 is 0 Å². The summed E-state index contributed by atoms with van der Waals surface area (Å²) in [6, 6.07) is 10.5. The number of benzene rings is 1. The molecule has 0 atom stereocenters. The second-order valence-corrected chi connectivity index (χ2v) is 9.27. The number of thiophene rings is 1. The third-order valence-electron chi connectivity index (χ3n) is 4.23. The van der Waals surface area contributed by atoms with E-state index in [9.17, 15) is 13.2 Å². The lowest BCUT2D eigenvalue weighted by atomic mass is 10.0. The number of likely N-dealkylation sites (tertiary alicyclic amines) is 1. The quantitative estimate of drug-likeness (QED) is 0.842. The average Bonchev–Trinajstić information content (AvgIpc) is 3.13. The van der Waals surface area contributed by atoms with Crippen LogP contribution in [0.1, 0.15) is 18.4 Å². The van der Waals surface area contributed by atoms with E-state index in [0.29, 0.717) is 35.2 Å². The van der Waals surface area contributed by atoms with E-state index in [1.54, 1.807) is 28.5 Å². The van der Waals surface area contributed by atoms with Gasteiger partial charge in [-0.15, -0.1) is 11.3 Å². The molecule has 1 aliphatic heterocycles. The van der Waals surface area contributed by atoms with Crippen LogP contribution >= 0.6 is 22.9 Å². The maximum Gasteiger partial charge on any atom is 0.250 e. The van der Waals surface area contributed by atoms with Crippen LogP contribution in [0.15, 0.2) is 46.0 Å². The number of nitrogens with one attached hydrogen (secondary N) is 1. The van der Waals surface area contributed by atoms with Gasteiger partial charge in [0.1, 0.15) is 4.21 Å². The summed E-state index contributed by atoms with van der Waals surface area (Å²) in [6.45, 7) is 1.09.